The minimum Gasteiger partial charge on any atom is -0.444 e. The van der Waals surface area contributed by atoms with Crippen LogP contribution >= 0.6 is 0 Å². The van der Waals surface area contributed by atoms with Gasteiger partial charge in [-0.15, -0.1) is 6.58 Å². The van der Waals surface area contributed by atoms with Crippen LogP contribution in [0.4, 0.5) is 18.0 Å². The highest BCUT2D eigenvalue weighted by molar-refractivity contribution is 5.68. The van der Waals surface area contributed by atoms with Crippen molar-refractivity contribution in [1.82, 2.24) is 9.80 Å². The van der Waals surface area contributed by atoms with Gasteiger partial charge in [-0.05, 0) is 20.8 Å². The van der Waals surface area contributed by atoms with Gasteiger partial charge >= 0.3 is 12.3 Å². The summed E-state index contributed by atoms with van der Waals surface area (Å²) in [4.78, 5) is 14.2. The van der Waals surface area contributed by atoms with Gasteiger partial charge in [0.2, 0.25) is 0 Å². The molecule has 0 unspecified atom stereocenters. The smallest absolute Gasteiger partial charge is 0.410 e. The summed E-state index contributed by atoms with van der Waals surface area (Å²) in [7, 11) is 0. The summed E-state index contributed by atoms with van der Waals surface area (Å²) in [5.41, 5.74) is -0.719. The summed E-state index contributed by atoms with van der Waals surface area (Å²) in [5.74, 6) is 0. The van der Waals surface area contributed by atoms with E-state index < -0.39 is 30.5 Å². The van der Waals surface area contributed by atoms with Gasteiger partial charge in [-0.25, -0.2) is 4.79 Å². The lowest BCUT2D eigenvalue weighted by Crippen LogP contribution is -2.60. The molecule has 0 aromatic heterocycles. The zero-order valence-electron chi connectivity index (χ0n) is 12.0. The van der Waals surface area contributed by atoms with Gasteiger partial charge in [-0.3, -0.25) is 4.90 Å². The van der Waals surface area contributed by atoms with Crippen LogP contribution in [0.5, 0.6) is 0 Å². The number of alkyl halides is 3. The molecule has 1 atom stereocenters. The quantitative estimate of drug-likeness (QED) is 0.734. The highest BCUT2D eigenvalue weighted by Gasteiger charge is 2.47. The summed E-state index contributed by atoms with van der Waals surface area (Å²) >= 11 is 0. The Hall–Kier alpha value is -1.24. The third-order valence-electron chi connectivity index (χ3n) is 2.88. The van der Waals surface area contributed by atoms with Crippen LogP contribution in [-0.2, 0) is 4.74 Å². The number of halogens is 3. The minimum atomic E-state index is -4.39. The molecule has 116 valence electrons. The third kappa shape index (κ3) is 4.70. The third-order valence-corrected chi connectivity index (χ3v) is 2.88. The summed E-state index contributed by atoms with van der Waals surface area (Å²) in [6.07, 6.45) is -3.66. The molecule has 1 aliphatic heterocycles. The van der Waals surface area contributed by atoms with Gasteiger partial charge in [0.25, 0.3) is 0 Å². The van der Waals surface area contributed by atoms with E-state index in [1.807, 2.05) is 0 Å². The van der Waals surface area contributed by atoms with Gasteiger partial charge < -0.3 is 9.64 Å². The highest BCUT2D eigenvalue weighted by Crippen LogP contribution is 2.28. The number of ether oxygens (including phenoxy) is 1. The first-order valence-electron chi connectivity index (χ1n) is 6.44. The Bertz CT molecular complexity index is 364. The molecule has 0 spiro atoms. The molecule has 0 aliphatic carbocycles. The van der Waals surface area contributed by atoms with Crippen molar-refractivity contribution in [1.29, 1.82) is 0 Å². The van der Waals surface area contributed by atoms with Crippen LogP contribution < -0.4 is 0 Å². The summed E-state index contributed by atoms with van der Waals surface area (Å²) in [5, 5.41) is 0. The largest absolute Gasteiger partial charge is 0.444 e. The fraction of sp³-hybridized carbons (Fsp3) is 0.769. The zero-order chi connectivity index (χ0) is 15.6. The van der Waals surface area contributed by atoms with Crippen LogP contribution in [0.25, 0.3) is 0 Å². The number of amides is 1. The number of rotatable bonds is 2. The lowest BCUT2D eigenvalue weighted by molar-refractivity contribution is -0.193. The number of piperazine rings is 1. The zero-order valence-corrected chi connectivity index (χ0v) is 12.0. The van der Waals surface area contributed by atoms with E-state index in [-0.39, 0.29) is 19.6 Å². The fourth-order valence-electron chi connectivity index (χ4n) is 2.01. The number of nitrogens with zero attached hydrogens (tertiary/aromatic N) is 2. The molecule has 1 saturated heterocycles. The molecule has 1 heterocycles. The predicted octanol–water partition coefficient (Wildman–Crippen LogP) is 2.66. The molecule has 4 nitrogen and oxygen atoms in total. The van der Waals surface area contributed by atoms with Crippen LogP contribution in [0.3, 0.4) is 0 Å². The molecule has 7 heteroatoms. The Morgan fingerprint density at radius 2 is 1.95 bits per heavy atom. The van der Waals surface area contributed by atoms with E-state index >= 15 is 0 Å². The molecular weight excluding hydrogens is 273 g/mol. The molecule has 1 amide bonds. The molecule has 1 aliphatic rings. The Labute approximate surface area is 117 Å². The van der Waals surface area contributed by atoms with E-state index in [0.29, 0.717) is 0 Å². The number of carbonyl (C=O) groups is 1. The standard InChI is InChI=1S/C13H21F3N2O2/c1-5-6-17-7-8-18(9-10(17)13(14,15)16)11(19)20-12(2,3)4/h5,10H,1,6-9H2,2-4H3/t10-/m1/s1. The van der Waals surface area contributed by atoms with Gasteiger partial charge in [0.15, 0.2) is 0 Å². The Morgan fingerprint density at radius 1 is 1.35 bits per heavy atom. The molecule has 0 bridgehead atoms. The van der Waals surface area contributed by atoms with E-state index in [9.17, 15) is 18.0 Å². The first-order valence-corrected chi connectivity index (χ1v) is 6.44. The van der Waals surface area contributed by atoms with Crippen molar-refractivity contribution in [2.45, 2.75) is 38.6 Å². The van der Waals surface area contributed by atoms with Crippen LogP contribution in [0.15, 0.2) is 12.7 Å². The number of hydrogen-bond donors (Lipinski definition) is 0. The van der Waals surface area contributed by atoms with Crippen molar-refractivity contribution in [2.24, 2.45) is 0 Å². The summed E-state index contributed by atoms with van der Waals surface area (Å²) in [6.45, 7) is 8.60. The maximum absolute atomic E-state index is 13.0. The van der Waals surface area contributed by atoms with E-state index in [2.05, 4.69) is 6.58 Å². The summed E-state index contributed by atoms with van der Waals surface area (Å²) < 4.78 is 44.2. The maximum atomic E-state index is 13.0. The molecule has 1 fully saturated rings. The Balaban J connectivity index is 2.76. The van der Waals surface area contributed by atoms with Gasteiger partial charge in [0, 0.05) is 26.2 Å². The second-order valence-corrected chi connectivity index (χ2v) is 5.77. The van der Waals surface area contributed by atoms with Crippen LogP contribution in [-0.4, -0.2) is 59.9 Å². The monoisotopic (exact) mass is 294 g/mol. The number of carbonyl (C=O) groups excluding carboxylic acids is 1. The molecule has 0 aromatic rings. The van der Waals surface area contributed by atoms with Crippen molar-refractivity contribution >= 4 is 6.09 Å². The molecule has 20 heavy (non-hydrogen) atoms. The SMILES string of the molecule is C=CCN1CCN(C(=O)OC(C)(C)C)C[C@@H]1C(F)(F)F. The molecule has 0 N–H and O–H groups in total. The topological polar surface area (TPSA) is 32.8 Å². The van der Waals surface area contributed by atoms with E-state index in [1.54, 1.807) is 20.8 Å². The predicted molar refractivity (Wildman–Crippen MR) is 69.4 cm³/mol. The minimum absolute atomic E-state index is 0.145. The molecule has 1 rings (SSSR count). The number of hydrogen-bond acceptors (Lipinski definition) is 3. The molecule has 0 saturated carbocycles. The van der Waals surface area contributed by atoms with Crippen molar-refractivity contribution in [3.05, 3.63) is 12.7 Å². The fourth-order valence-corrected chi connectivity index (χ4v) is 2.01. The van der Waals surface area contributed by atoms with E-state index in [0.717, 1.165) is 4.90 Å². The Morgan fingerprint density at radius 3 is 2.40 bits per heavy atom. The lowest BCUT2D eigenvalue weighted by Gasteiger charge is -2.41. The van der Waals surface area contributed by atoms with Gasteiger partial charge in [0.1, 0.15) is 11.6 Å². The second-order valence-electron chi connectivity index (χ2n) is 5.77. The maximum Gasteiger partial charge on any atom is 0.410 e. The highest BCUT2D eigenvalue weighted by atomic mass is 19.4. The van der Waals surface area contributed by atoms with Crippen molar-refractivity contribution < 1.29 is 22.7 Å². The normalized spacial score (nSPS) is 21.7. The van der Waals surface area contributed by atoms with Gasteiger partial charge in [0.05, 0.1) is 0 Å². The van der Waals surface area contributed by atoms with Crippen molar-refractivity contribution in [3.63, 3.8) is 0 Å². The first kappa shape index (κ1) is 16.8. The van der Waals surface area contributed by atoms with Crippen molar-refractivity contribution in [2.75, 3.05) is 26.2 Å². The average Bonchev–Trinajstić information content (AvgIpc) is 2.26. The van der Waals surface area contributed by atoms with Crippen LogP contribution in [0.2, 0.25) is 0 Å². The van der Waals surface area contributed by atoms with Crippen LogP contribution in [0.1, 0.15) is 20.8 Å². The van der Waals surface area contributed by atoms with Crippen molar-refractivity contribution in [3.8, 4) is 0 Å². The lowest BCUT2D eigenvalue weighted by atomic mass is 10.1. The second kappa shape index (κ2) is 6.03. The molecular formula is C13H21F3N2O2. The summed E-state index contributed by atoms with van der Waals surface area (Å²) in [6, 6.07) is -1.68. The average molecular weight is 294 g/mol. The van der Waals surface area contributed by atoms with Crippen LogP contribution in [0, 0.1) is 0 Å². The Kier molecular flexibility index (Phi) is 5.07. The molecule has 0 aromatic carbocycles. The van der Waals surface area contributed by atoms with Gasteiger partial charge in [-0.2, -0.15) is 13.2 Å². The van der Waals surface area contributed by atoms with Gasteiger partial charge in [-0.1, -0.05) is 6.08 Å². The van der Waals surface area contributed by atoms with E-state index in [4.69, 9.17) is 4.74 Å². The van der Waals surface area contributed by atoms with E-state index in [1.165, 1.54) is 11.0 Å². The first-order chi connectivity index (χ1) is 9.04. The molecule has 0 radical (unpaired) electrons.